The molecule has 0 saturated carbocycles. The molecule has 0 saturated heterocycles. The summed E-state index contributed by atoms with van der Waals surface area (Å²) in [4.78, 5) is 0. The number of benzene rings is 1. The molecule has 23 heavy (non-hydrogen) atoms. The Kier molecular flexibility index (Phi) is 8.85. The molecular formula is C19H33NO3. The SMILES string of the molecule is CCOc1ccc(C(CC)CCC(C)N)c(OCC)c1OCC. The van der Waals surface area contributed by atoms with Gasteiger partial charge in [-0.2, -0.15) is 0 Å². The van der Waals surface area contributed by atoms with Gasteiger partial charge >= 0.3 is 0 Å². The highest BCUT2D eigenvalue weighted by atomic mass is 16.5. The summed E-state index contributed by atoms with van der Waals surface area (Å²) in [6.07, 6.45) is 3.10. The van der Waals surface area contributed by atoms with Crippen molar-refractivity contribution in [3.05, 3.63) is 17.7 Å². The summed E-state index contributed by atoms with van der Waals surface area (Å²) in [6, 6.07) is 4.34. The van der Waals surface area contributed by atoms with E-state index in [2.05, 4.69) is 19.9 Å². The summed E-state index contributed by atoms with van der Waals surface area (Å²) in [5.74, 6) is 2.73. The van der Waals surface area contributed by atoms with E-state index in [0.29, 0.717) is 25.7 Å². The number of nitrogens with two attached hydrogens (primary N) is 1. The zero-order valence-corrected chi connectivity index (χ0v) is 15.4. The Hall–Kier alpha value is -1.42. The van der Waals surface area contributed by atoms with Gasteiger partial charge in [0, 0.05) is 11.6 Å². The third kappa shape index (κ3) is 5.61. The van der Waals surface area contributed by atoms with Crippen LogP contribution in [-0.2, 0) is 0 Å². The van der Waals surface area contributed by atoms with Crippen LogP contribution in [0.3, 0.4) is 0 Å². The van der Waals surface area contributed by atoms with Crippen LogP contribution in [0, 0.1) is 0 Å². The molecule has 4 heteroatoms. The summed E-state index contributed by atoms with van der Waals surface area (Å²) >= 11 is 0. The predicted molar refractivity (Wildman–Crippen MR) is 95.9 cm³/mol. The lowest BCUT2D eigenvalue weighted by molar-refractivity contribution is 0.257. The van der Waals surface area contributed by atoms with E-state index >= 15 is 0 Å². The highest BCUT2D eigenvalue weighted by Crippen LogP contribution is 2.45. The second kappa shape index (κ2) is 10.4. The largest absolute Gasteiger partial charge is 0.490 e. The molecular weight excluding hydrogens is 290 g/mol. The van der Waals surface area contributed by atoms with Crippen molar-refractivity contribution in [1.82, 2.24) is 0 Å². The van der Waals surface area contributed by atoms with Crippen LogP contribution in [-0.4, -0.2) is 25.9 Å². The van der Waals surface area contributed by atoms with E-state index in [-0.39, 0.29) is 6.04 Å². The van der Waals surface area contributed by atoms with Crippen LogP contribution in [0.5, 0.6) is 17.2 Å². The monoisotopic (exact) mass is 323 g/mol. The zero-order chi connectivity index (χ0) is 17.2. The summed E-state index contributed by atoms with van der Waals surface area (Å²) in [5.41, 5.74) is 7.13. The molecule has 132 valence electrons. The molecule has 1 rings (SSSR count). The third-order valence-electron chi connectivity index (χ3n) is 3.89. The summed E-state index contributed by atoms with van der Waals surface area (Å²) < 4.78 is 17.5. The Labute approximate surface area is 141 Å². The number of hydrogen-bond donors (Lipinski definition) is 1. The molecule has 0 amide bonds. The van der Waals surface area contributed by atoms with E-state index in [1.165, 1.54) is 5.56 Å². The van der Waals surface area contributed by atoms with Crippen molar-refractivity contribution in [1.29, 1.82) is 0 Å². The molecule has 0 aromatic heterocycles. The van der Waals surface area contributed by atoms with Crippen molar-refractivity contribution in [2.75, 3.05) is 19.8 Å². The minimum atomic E-state index is 0.216. The average Bonchev–Trinajstić information content (AvgIpc) is 2.52. The first-order chi connectivity index (χ1) is 11.1. The highest BCUT2D eigenvalue weighted by Gasteiger charge is 2.22. The number of rotatable bonds is 11. The van der Waals surface area contributed by atoms with Crippen LogP contribution >= 0.6 is 0 Å². The lowest BCUT2D eigenvalue weighted by atomic mass is 9.89. The fraction of sp³-hybridized carbons (Fsp3) is 0.684. The van der Waals surface area contributed by atoms with Gasteiger partial charge in [0.15, 0.2) is 11.5 Å². The van der Waals surface area contributed by atoms with Crippen molar-refractivity contribution in [2.45, 2.75) is 65.8 Å². The standard InChI is InChI=1S/C19H33NO3/c1-6-15(11-10-14(5)20)16-12-13-17(21-7-2)19(23-9-4)18(16)22-8-3/h12-15H,6-11,20H2,1-5H3. The van der Waals surface area contributed by atoms with Gasteiger partial charge in [0.05, 0.1) is 19.8 Å². The first kappa shape index (κ1) is 19.6. The zero-order valence-electron chi connectivity index (χ0n) is 15.4. The molecule has 2 unspecified atom stereocenters. The third-order valence-corrected chi connectivity index (χ3v) is 3.89. The van der Waals surface area contributed by atoms with E-state index in [9.17, 15) is 0 Å². The topological polar surface area (TPSA) is 53.7 Å². The van der Waals surface area contributed by atoms with E-state index in [1.807, 2.05) is 26.8 Å². The van der Waals surface area contributed by atoms with Crippen LogP contribution in [0.1, 0.15) is 65.4 Å². The van der Waals surface area contributed by atoms with E-state index in [4.69, 9.17) is 19.9 Å². The molecule has 1 aromatic rings. The van der Waals surface area contributed by atoms with E-state index in [1.54, 1.807) is 0 Å². The average molecular weight is 323 g/mol. The maximum absolute atomic E-state index is 5.96. The van der Waals surface area contributed by atoms with Gasteiger partial charge < -0.3 is 19.9 Å². The minimum Gasteiger partial charge on any atom is -0.490 e. The fourth-order valence-electron chi connectivity index (χ4n) is 2.77. The van der Waals surface area contributed by atoms with Crippen LogP contribution < -0.4 is 19.9 Å². The normalized spacial score (nSPS) is 13.5. The molecule has 0 aliphatic heterocycles. The molecule has 0 fully saturated rings. The summed E-state index contributed by atoms with van der Waals surface area (Å²) in [5, 5.41) is 0. The first-order valence-corrected chi connectivity index (χ1v) is 8.89. The molecule has 0 heterocycles. The Bertz CT molecular complexity index is 460. The smallest absolute Gasteiger partial charge is 0.203 e. The first-order valence-electron chi connectivity index (χ1n) is 8.89. The maximum Gasteiger partial charge on any atom is 0.203 e. The molecule has 4 nitrogen and oxygen atoms in total. The molecule has 0 aliphatic carbocycles. The molecule has 1 aromatic carbocycles. The predicted octanol–water partition coefficient (Wildman–Crippen LogP) is 4.50. The molecule has 0 bridgehead atoms. The molecule has 0 radical (unpaired) electrons. The second-order valence-electron chi connectivity index (χ2n) is 5.77. The van der Waals surface area contributed by atoms with Crippen LogP contribution in [0.4, 0.5) is 0 Å². The quantitative estimate of drug-likeness (QED) is 0.651. The van der Waals surface area contributed by atoms with Gasteiger partial charge in [0.2, 0.25) is 5.75 Å². The van der Waals surface area contributed by atoms with Crippen LogP contribution in [0.25, 0.3) is 0 Å². The lowest BCUT2D eigenvalue weighted by Crippen LogP contribution is -2.16. The van der Waals surface area contributed by atoms with Gasteiger partial charge in [-0.25, -0.2) is 0 Å². The fourth-order valence-corrected chi connectivity index (χ4v) is 2.77. The van der Waals surface area contributed by atoms with Crippen molar-refractivity contribution in [3.63, 3.8) is 0 Å². The lowest BCUT2D eigenvalue weighted by Gasteiger charge is -2.23. The van der Waals surface area contributed by atoms with Gasteiger partial charge in [-0.05, 0) is 58.9 Å². The Morgan fingerprint density at radius 2 is 1.48 bits per heavy atom. The molecule has 0 spiro atoms. The molecule has 2 atom stereocenters. The Morgan fingerprint density at radius 3 is 2.00 bits per heavy atom. The molecule has 2 N–H and O–H groups in total. The minimum absolute atomic E-state index is 0.216. The van der Waals surface area contributed by atoms with Crippen molar-refractivity contribution >= 4 is 0 Å². The van der Waals surface area contributed by atoms with E-state index < -0.39 is 0 Å². The summed E-state index contributed by atoms with van der Waals surface area (Å²) in [6.45, 7) is 12.0. The van der Waals surface area contributed by atoms with Crippen molar-refractivity contribution < 1.29 is 14.2 Å². The van der Waals surface area contributed by atoms with Gasteiger partial charge in [-0.15, -0.1) is 0 Å². The Morgan fingerprint density at radius 1 is 0.870 bits per heavy atom. The second-order valence-corrected chi connectivity index (χ2v) is 5.77. The van der Waals surface area contributed by atoms with Gasteiger partial charge in [0.25, 0.3) is 0 Å². The van der Waals surface area contributed by atoms with Crippen molar-refractivity contribution in [2.24, 2.45) is 5.73 Å². The van der Waals surface area contributed by atoms with Gasteiger partial charge in [0.1, 0.15) is 0 Å². The van der Waals surface area contributed by atoms with Gasteiger partial charge in [-0.3, -0.25) is 0 Å². The van der Waals surface area contributed by atoms with Crippen molar-refractivity contribution in [3.8, 4) is 17.2 Å². The summed E-state index contributed by atoms with van der Waals surface area (Å²) in [7, 11) is 0. The number of hydrogen-bond acceptors (Lipinski definition) is 4. The highest BCUT2D eigenvalue weighted by molar-refractivity contribution is 5.57. The maximum atomic E-state index is 5.96. The van der Waals surface area contributed by atoms with E-state index in [0.717, 1.165) is 36.5 Å². The molecule has 0 aliphatic rings. The van der Waals surface area contributed by atoms with Crippen LogP contribution in [0.2, 0.25) is 0 Å². The van der Waals surface area contributed by atoms with Gasteiger partial charge in [-0.1, -0.05) is 13.0 Å². The Balaban J connectivity index is 3.24. The van der Waals surface area contributed by atoms with Crippen LogP contribution in [0.15, 0.2) is 12.1 Å². The number of ether oxygens (including phenoxy) is 3.